The first-order valence-electron chi connectivity index (χ1n) is 4.88. The number of carboxylic acid groups (broad SMARTS) is 2. The number of aliphatic carboxylic acids is 2. The molecule has 1 rings (SSSR count). The summed E-state index contributed by atoms with van der Waals surface area (Å²) in [6, 6.07) is 4.51. The molecule has 8 heteroatoms. The van der Waals surface area contributed by atoms with E-state index in [9.17, 15) is 19.8 Å². The predicted octanol–water partition coefficient (Wildman–Crippen LogP) is 0.0537. The average molecular weight is 329 g/mol. The molecule has 0 aliphatic heterocycles. The zero-order chi connectivity index (χ0) is 15.0. The van der Waals surface area contributed by atoms with Crippen molar-refractivity contribution in [2.45, 2.75) is 6.92 Å². The van der Waals surface area contributed by atoms with Gasteiger partial charge in [-0.1, -0.05) is 29.8 Å². The summed E-state index contributed by atoms with van der Waals surface area (Å²) in [5.41, 5.74) is 0.0648. The Morgan fingerprint density at radius 1 is 1.30 bits per heavy atom. The number of ether oxygens (including phenoxy) is 1. The van der Waals surface area contributed by atoms with Crippen LogP contribution in [0.2, 0.25) is 10.0 Å². The van der Waals surface area contributed by atoms with Crippen molar-refractivity contribution >= 4 is 58.2 Å². The van der Waals surface area contributed by atoms with Gasteiger partial charge in [0.15, 0.2) is 0 Å². The molecule has 0 atom stereocenters. The Morgan fingerprint density at radius 3 is 2.15 bits per heavy atom. The summed E-state index contributed by atoms with van der Waals surface area (Å²) >= 11 is 11.3. The fourth-order valence-electron chi connectivity index (χ4n) is 0.729. The van der Waals surface area contributed by atoms with Crippen molar-refractivity contribution in [1.29, 1.82) is 0 Å². The molecule has 0 fully saturated rings. The van der Waals surface area contributed by atoms with Gasteiger partial charge in [-0.15, -0.1) is 0 Å². The smallest absolute Gasteiger partial charge is 0.546 e. The Hall–Kier alpha value is -0.954. The Kier molecular flexibility index (Phi) is 11.5. The van der Waals surface area contributed by atoms with Gasteiger partial charge in [0.05, 0.1) is 17.0 Å². The van der Waals surface area contributed by atoms with Gasteiger partial charge >= 0.3 is 23.1 Å². The normalized spacial score (nSPS) is 8.55. The topological polar surface area (TPSA) is 89.5 Å². The molecule has 0 N–H and O–H groups in total. The zero-order valence-corrected chi connectivity index (χ0v) is 13.6. The molecule has 0 saturated carbocycles. The summed E-state index contributed by atoms with van der Waals surface area (Å²) in [6.07, 6.45) is 0. The van der Waals surface area contributed by atoms with Crippen molar-refractivity contribution in [3.8, 4) is 5.75 Å². The van der Waals surface area contributed by atoms with Gasteiger partial charge in [-0.05, 0) is 30.7 Å². The molecule has 0 aliphatic carbocycles. The summed E-state index contributed by atoms with van der Waals surface area (Å²) in [5, 5.41) is 20.3. The van der Waals surface area contributed by atoms with Gasteiger partial charge in [0, 0.05) is 5.02 Å². The third-order valence-electron chi connectivity index (χ3n) is 1.59. The van der Waals surface area contributed by atoms with Gasteiger partial charge in [-0.2, -0.15) is 0 Å². The van der Waals surface area contributed by atoms with E-state index in [0.717, 1.165) is 0 Å². The van der Waals surface area contributed by atoms with Crippen molar-refractivity contribution in [3.05, 3.63) is 40.4 Å². The van der Waals surface area contributed by atoms with E-state index in [-0.39, 0.29) is 39.4 Å². The standard InChI is InChI=1S/C8H6Cl2O3.C4H6O2.Mg/c9-5-1-2-7(6(10)3-5)13-4-8(11)12;1-3(2)4(5)6;/h1-3H,4H2,(H,11,12);1H2,2H3,(H,5,6);/q;;+2/p-2. The molecule has 0 aromatic heterocycles. The number of benzene rings is 1. The zero-order valence-electron chi connectivity index (χ0n) is 10.7. The number of hydrogen-bond acceptors (Lipinski definition) is 5. The number of carbonyl (C=O) groups excluding carboxylic acids is 2. The molecule has 0 spiro atoms. The molecule has 20 heavy (non-hydrogen) atoms. The second-order valence-electron chi connectivity index (χ2n) is 3.30. The fourth-order valence-corrected chi connectivity index (χ4v) is 1.19. The summed E-state index contributed by atoms with van der Waals surface area (Å²) in [4.78, 5) is 19.5. The van der Waals surface area contributed by atoms with Crippen LogP contribution in [-0.4, -0.2) is 41.6 Å². The molecule has 5 nitrogen and oxygen atoms in total. The van der Waals surface area contributed by atoms with E-state index >= 15 is 0 Å². The summed E-state index contributed by atoms with van der Waals surface area (Å²) in [6.45, 7) is 3.95. The van der Waals surface area contributed by atoms with Crippen LogP contribution >= 0.6 is 23.2 Å². The van der Waals surface area contributed by atoms with Crippen LogP contribution in [0.3, 0.4) is 0 Å². The van der Waals surface area contributed by atoms with Crippen LogP contribution in [-0.2, 0) is 9.59 Å². The number of carboxylic acids is 2. The van der Waals surface area contributed by atoms with E-state index in [0.29, 0.717) is 5.02 Å². The monoisotopic (exact) mass is 328 g/mol. The minimum Gasteiger partial charge on any atom is -0.546 e. The van der Waals surface area contributed by atoms with Crippen LogP contribution in [0.15, 0.2) is 30.4 Å². The number of hydrogen-bond donors (Lipinski definition) is 0. The van der Waals surface area contributed by atoms with E-state index in [1.54, 1.807) is 6.07 Å². The average Bonchev–Trinajstić information content (AvgIpc) is 2.28. The Balaban J connectivity index is 0. The van der Waals surface area contributed by atoms with Crippen molar-refractivity contribution < 1.29 is 24.5 Å². The first kappa shape index (κ1) is 21.3. The minimum atomic E-state index is -1.30. The summed E-state index contributed by atoms with van der Waals surface area (Å²) in [5.74, 6) is -2.21. The maximum atomic E-state index is 10.0. The van der Waals surface area contributed by atoms with Gasteiger partial charge in [-0.3, -0.25) is 0 Å². The first-order valence-corrected chi connectivity index (χ1v) is 5.64. The molecule has 0 amide bonds. The first-order chi connectivity index (χ1) is 8.73. The van der Waals surface area contributed by atoms with E-state index in [1.165, 1.54) is 19.1 Å². The molecule has 0 bridgehead atoms. The molecule has 1 aromatic carbocycles. The van der Waals surface area contributed by atoms with Crippen molar-refractivity contribution in [2.24, 2.45) is 0 Å². The molecule has 0 saturated heterocycles. The predicted molar refractivity (Wildman–Crippen MR) is 72.5 cm³/mol. The van der Waals surface area contributed by atoms with Crippen LogP contribution < -0.4 is 14.9 Å². The van der Waals surface area contributed by atoms with Crippen molar-refractivity contribution in [1.82, 2.24) is 0 Å². The molecule has 0 aliphatic rings. The van der Waals surface area contributed by atoms with Gasteiger partial charge in [0.1, 0.15) is 12.4 Å². The Morgan fingerprint density at radius 2 is 1.80 bits per heavy atom. The van der Waals surface area contributed by atoms with Crippen LogP contribution in [0.5, 0.6) is 5.75 Å². The SMILES string of the molecule is C=C(C)C(=O)[O-].O=C([O-])COc1ccc(Cl)cc1Cl.[Mg+2]. The van der Waals surface area contributed by atoms with Crippen LogP contribution in [0.25, 0.3) is 0 Å². The maximum absolute atomic E-state index is 10.0. The molecule has 0 unspecified atom stereocenters. The molecule has 104 valence electrons. The van der Waals surface area contributed by atoms with Crippen LogP contribution in [0.4, 0.5) is 0 Å². The van der Waals surface area contributed by atoms with Crippen molar-refractivity contribution in [2.75, 3.05) is 6.61 Å². The fraction of sp³-hybridized carbons (Fsp3) is 0.167. The Bertz CT molecular complexity index is 479. The molecular formula is C12H10Cl2MgO5. The van der Waals surface area contributed by atoms with E-state index in [2.05, 4.69) is 6.58 Å². The molecule has 1 aromatic rings. The van der Waals surface area contributed by atoms with Crippen molar-refractivity contribution in [3.63, 3.8) is 0 Å². The number of halogens is 2. The molecule has 0 radical (unpaired) electrons. The molecular weight excluding hydrogens is 319 g/mol. The van der Waals surface area contributed by atoms with E-state index in [1.807, 2.05) is 0 Å². The van der Waals surface area contributed by atoms with Gasteiger partial charge < -0.3 is 24.5 Å². The maximum Gasteiger partial charge on any atom is 2.00 e. The summed E-state index contributed by atoms with van der Waals surface area (Å²) in [7, 11) is 0. The number of carbonyl (C=O) groups is 2. The van der Waals surface area contributed by atoms with E-state index < -0.39 is 18.5 Å². The van der Waals surface area contributed by atoms with Gasteiger partial charge in [0.2, 0.25) is 0 Å². The third-order valence-corrected chi connectivity index (χ3v) is 2.12. The second kappa shape index (κ2) is 10.8. The minimum absolute atomic E-state index is 0. The summed E-state index contributed by atoms with van der Waals surface area (Å²) < 4.78 is 4.80. The Labute approximate surface area is 142 Å². The van der Waals surface area contributed by atoms with Gasteiger partial charge in [-0.25, -0.2) is 0 Å². The third kappa shape index (κ3) is 9.91. The quantitative estimate of drug-likeness (QED) is 0.575. The van der Waals surface area contributed by atoms with Crippen LogP contribution in [0, 0.1) is 0 Å². The van der Waals surface area contributed by atoms with E-state index in [4.69, 9.17) is 27.9 Å². The largest absolute Gasteiger partial charge is 2.00 e. The second-order valence-corrected chi connectivity index (χ2v) is 4.15. The number of rotatable bonds is 4. The van der Waals surface area contributed by atoms with Crippen LogP contribution in [0.1, 0.15) is 6.92 Å². The molecule has 0 heterocycles. The van der Waals surface area contributed by atoms with Gasteiger partial charge in [0.25, 0.3) is 0 Å².